The van der Waals surface area contributed by atoms with Crippen molar-refractivity contribution in [2.24, 2.45) is 0 Å². The van der Waals surface area contributed by atoms with Crippen LogP contribution in [-0.4, -0.2) is 47.1 Å². The molecule has 232 valence electrons. The van der Waals surface area contributed by atoms with E-state index < -0.39 is 52.6 Å². The van der Waals surface area contributed by atoms with E-state index in [0.29, 0.717) is 39.1 Å². The first kappa shape index (κ1) is 31.8. The van der Waals surface area contributed by atoms with Crippen LogP contribution in [0.2, 0.25) is 4.34 Å². The predicted molar refractivity (Wildman–Crippen MR) is 155 cm³/mol. The van der Waals surface area contributed by atoms with Crippen LogP contribution >= 0.6 is 22.9 Å². The summed E-state index contributed by atoms with van der Waals surface area (Å²) in [7, 11) is -4.44. The Morgan fingerprint density at radius 3 is 2.45 bits per heavy atom. The molecule has 0 radical (unpaired) electrons. The zero-order chi connectivity index (χ0) is 31.7. The lowest BCUT2D eigenvalue weighted by Gasteiger charge is -2.22. The van der Waals surface area contributed by atoms with E-state index in [1.54, 1.807) is 24.5 Å². The molecule has 1 aliphatic rings. The number of pyridine rings is 2. The summed E-state index contributed by atoms with van der Waals surface area (Å²) in [6.45, 7) is -1.07. The monoisotopic (exact) mass is 671 g/mol. The van der Waals surface area contributed by atoms with Crippen LogP contribution in [0.5, 0.6) is 0 Å². The summed E-state index contributed by atoms with van der Waals surface area (Å²) in [4.78, 5) is 21.7. The fourth-order valence-corrected chi connectivity index (χ4v) is 7.80. The molecule has 3 aromatic heterocycles. The number of thiophene rings is 1. The standard InChI is InChI=1S/C28H23ClF5N5O3S2/c29-23-7-8-25(43-23)44(41,42)39-16-27(30,31)12-22(39)26(40)37-15-18-10-21(19-3-5-20(6-4-19)28(32,33)34)38-24(11-18)36-14-17-2-1-9-35-13-17/h1-11,13,22H,12,14-16H2,(H,36,38)(H,37,40). The number of amides is 1. The average Bonchev–Trinajstić information content (AvgIpc) is 3.58. The van der Waals surface area contributed by atoms with Crippen LogP contribution in [0.3, 0.4) is 0 Å². The Hall–Kier alpha value is -3.66. The number of aromatic nitrogens is 2. The molecule has 1 atom stereocenters. The summed E-state index contributed by atoms with van der Waals surface area (Å²) >= 11 is 6.54. The van der Waals surface area contributed by atoms with Crippen molar-refractivity contribution in [1.82, 2.24) is 19.6 Å². The Labute approximate surface area is 258 Å². The van der Waals surface area contributed by atoms with Crippen LogP contribution in [0.25, 0.3) is 11.3 Å². The molecular formula is C28H23ClF5N5O3S2. The summed E-state index contributed by atoms with van der Waals surface area (Å²) in [5.41, 5.74) is 1.06. The molecule has 1 saturated heterocycles. The third-order valence-electron chi connectivity index (χ3n) is 6.70. The number of nitrogens with one attached hydrogen (secondary N) is 2. The molecule has 0 saturated carbocycles. The number of alkyl halides is 5. The molecule has 2 N–H and O–H groups in total. The summed E-state index contributed by atoms with van der Waals surface area (Å²) in [6.07, 6.45) is -2.30. The summed E-state index contributed by atoms with van der Waals surface area (Å²) in [6, 6.07) is 11.9. The zero-order valence-electron chi connectivity index (χ0n) is 22.5. The largest absolute Gasteiger partial charge is 0.416 e. The van der Waals surface area contributed by atoms with Gasteiger partial charge >= 0.3 is 6.18 Å². The highest BCUT2D eigenvalue weighted by Gasteiger charge is 2.53. The molecule has 16 heteroatoms. The molecular weight excluding hydrogens is 649 g/mol. The number of benzene rings is 1. The second kappa shape index (κ2) is 12.4. The molecule has 1 amide bonds. The van der Waals surface area contributed by atoms with Gasteiger partial charge in [-0.15, -0.1) is 11.3 Å². The minimum absolute atomic E-state index is 0.144. The topological polar surface area (TPSA) is 104 Å². The van der Waals surface area contributed by atoms with E-state index in [1.165, 1.54) is 30.3 Å². The zero-order valence-corrected chi connectivity index (χ0v) is 24.9. The van der Waals surface area contributed by atoms with E-state index in [9.17, 15) is 35.2 Å². The second-order valence-corrected chi connectivity index (χ2v) is 13.8. The van der Waals surface area contributed by atoms with Crippen molar-refractivity contribution in [3.63, 3.8) is 0 Å². The number of rotatable bonds is 9. The lowest BCUT2D eigenvalue weighted by Crippen LogP contribution is -2.45. The third kappa shape index (κ3) is 7.34. The molecule has 1 aromatic carbocycles. The minimum Gasteiger partial charge on any atom is -0.366 e. The number of hydrogen-bond donors (Lipinski definition) is 2. The van der Waals surface area contributed by atoms with Gasteiger partial charge in [0.25, 0.3) is 15.9 Å². The molecule has 44 heavy (non-hydrogen) atoms. The van der Waals surface area contributed by atoms with Crippen molar-refractivity contribution in [2.75, 3.05) is 11.9 Å². The molecule has 1 aliphatic heterocycles. The Kier molecular flexibility index (Phi) is 8.94. The quantitative estimate of drug-likeness (QED) is 0.205. The number of halogens is 6. The van der Waals surface area contributed by atoms with Crippen molar-refractivity contribution in [3.05, 3.63) is 94.1 Å². The predicted octanol–water partition coefficient (Wildman–Crippen LogP) is 6.20. The fourth-order valence-electron chi connectivity index (χ4n) is 4.58. The third-order valence-corrected chi connectivity index (χ3v) is 10.3. The molecule has 4 heterocycles. The molecule has 4 aromatic rings. The van der Waals surface area contributed by atoms with Crippen LogP contribution < -0.4 is 10.6 Å². The smallest absolute Gasteiger partial charge is 0.366 e. The van der Waals surface area contributed by atoms with Gasteiger partial charge in [0.1, 0.15) is 16.1 Å². The number of hydrogen-bond acceptors (Lipinski definition) is 7. The first-order valence-electron chi connectivity index (χ1n) is 13.0. The lowest BCUT2D eigenvalue weighted by atomic mass is 10.1. The second-order valence-electron chi connectivity index (χ2n) is 9.94. The maximum absolute atomic E-state index is 14.4. The van der Waals surface area contributed by atoms with Crippen LogP contribution in [0.15, 0.2) is 77.3 Å². The van der Waals surface area contributed by atoms with E-state index in [4.69, 9.17) is 11.6 Å². The van der Waals surface area contributed by atoms with Crippen molar-refractivity contribution in [2.45, 2.75) is 41.9 Å². The number of anilines is 1. The lowest BCUT2D eigenvalue weighted by molar-refractivity contribution is -0.137. The van der Waals surface area contributed by atoms with Crippen LogP contribution in [0, 0.1) is 0 Å². The van der Waals surface area contributed by atoms with Gasteiger partial charge in [-0.1, -0.05) is 29.8 Å². The highest BCUT2D eigenvalue weighted by Crippen LogP contribution is 2.38. The first-order valence-corrected chi connectivity index (χ1v) is 15.6. The number of carbonyl (C=O) groups is 1. The van der Waals surface area contributed by atoms with Crippen LogP contribution in [0.1, 0.15) is 23.1 Å². The first-order chi connectivity index (χ1) is 20.7. The van der Waals surface area contributed by atoms with Crippen molar-refractivity contribution in [1.29, 1.82) is 0 Å². The fraction of sp³-hybridized carbons (Fsp3) is 0.250. The minimum atomic E-state index is -4.53. The van der Waals surface area contributed by atoms with Gasteiger partial charge in [-0.05, 0) is 53.6 Å². The van der Waals surface area contributed by atoms with Gasteiger partial charge < -0.3 is 10.6 Å². The van der Waals surface area contributed by atoms with Gasteiger partial charge in [-0.25, -0.2) is 22.2 Å². The number of nitrogens with zero attached hydrogens (tertiary/aromatic N) is 3. The number of carbonyl (C=O) groups excluding carboxylic acids is 1. The Morgan fingerprint density at radius 2 is 1.82 bits per heavy atom. The summed E-state index contributed by atoms with van der Waals surface area (Å²) in [5.74, 6) is -4.06. The van der Waals surface area contributed by atoms with E-state index in [2.05, 4.69) is 20.6 Å². The molecule has 5 rings (SSSR count). The SMILES string of the molecule is O=C(NCc1cc(NCc2cccnc2)nc(-c2ccc(C(F)(F)F)cc2)c1)C1CC(F)(F)CN1S(=O)(=O)c1ccc(Cl)s1. The normalized spacial score (nSPS) is 17.0. The van der Waals surface area contributed by atoms with Gasteiger partial charge in [0.05, 0.1) is 22.1 Å². The van der Waals surface area contributed by atoms with Gasteiger partial charge in [0.2, 0.25) is 5.91 Å². The van der Waals surface area contributed by atoms with Crippen molar-refractivity contribution in [3.8, 4) is 11.3 Å². The van der Waals surface area contributed by atoms with E-state index in [-0.39, 0.29) is 20.8 Å². The molecule has 0 aliphatic carbocycles. The highest BCUT2D eigenvalue weighted by molar-refractivity contribution is 7.91. The van der Waals surface area contributed by atoms with Crippen molar-refractivity contribution >= 4 is 44.7 Å². The van der Waals surface area contributed by atoms with Gasteiger partial charge in [0.15, 0.2) is 0 Å². The molecule has 0 bridgehead atoms. The highest BCUT2D eigenvalue weighted by atomic mass is 35.5. The molecule has 0 spiro atoms. The van der Waals surface area contributed by atoms with Gasteiger partial charge in [0, 0.05) is 37.5 Å². The van der Waals surface area contributed by atoms with Crippen molar-refractivity contribution < 1.29 is 35.2 Å². The van der Waals surface area contributed by atoms with Gasteiger partial charge in [-0.2, -0.15) is 17.5 Å². The van der Waals surface area contributed by atoms with Crippen LogP contribution in [0.4, 0.5) is 27.8 Å². The maximum Gasteiger partial charge on any atom is 0.416 e. The molecule has 1 unspecified atom stereocenters. The van der Waals surface area contributed by atoms with E-state index in [0.717, 1.165) is 17.7 Å². The van der Waals surface area contributed by atoms with Gasteiger partial charge in [-0.3, -0.25) is 9.78 Å². The molecule has 8 nitrogen and oxygen atoms in total. The van der Waals surface area contributed by atoms with Crippen LogP contribution in [-0.2, 0) is 34.1 Å². The Morgan fingerprint density at radius 1 is 1.07 bits per heavy atom. The number of sulfonamides is 1. The molecule has 1 fully saturated rings. The average molecular weight is 672 g/mol. The van der Waals surface area contributed by atoms with E-state index in [1.807, 2.05) is 6.07 Å². The van der Waals surface area contributed by atoms with E-state index >= 15 is 0 Å². The summed E-state index contributed by atoms with van der Waals surface area (Å²) in [5, 5.41) is 5.64. The maximum atomic E-state index is 14.4. The Balaban J connectivity index is 1.39. The Bertz CT molecular complexity index is 1750. The summed E-state index contributed by atoms with van der Waals surface area (Å²) < 4.78 is 94.8.